The lowest BCUT2D eigenvalue weighted by Crippen LogP contribution is -2.24. The molecule has 3 rings (SSSR count). The third-order valence-electron chi connectivity index (χ3n) is 3.42. The van der Waals surface area contributed by atoms with Crippen LogP contribution in [-0.2, 0) is 4.74 Å². The molecule has 2 aromatic rings. The zero-order valence-electron chi connectivity index (χ0n) is 11.4. The molecule has 110 valence electrons. The fourth-order valence-electron chi connectivity index (χ4n) is 2.43. The fraction of sp³-hybridized carbons (Fsp3) is 0.462. The zero-order chi connectivity index (χ0) is 15.0. The van der Waals surface area contributed by atoms with Crippen molar-refractivity contribution in [1.29, 1.82) is 0 Å². The highest BCUT2D eigenvalue weighted by Crippen LogP contribution is 2.32. The molecule has 0 aromatic carbocycles. The summed E-state index contributed by atoms with van der Waals surface area (Å²) in [5.74, 6) is 5.92. The molecule has 0 radical (unpaired) electrons. The molecule has 3 atom stereocenters. The van der Waals surface area contributed by atoms with Crippen LogP contribution in [0, 0.1) is 11.8 Å². The molecule has 21 heavy (non-hydrogen) atoms. The van der Waals surface area contributed by atoms with E-state index in [0.717, 1.165) is 0 Å². The maximum absolute atomic E-state index is 9.85. The van der Waals surface area contributed by atoms with E-state index in [0.29, 0.717) is 29.0 Å². The SMILES string of the molecule is CC#Cc1nn([C@H]2C[C@H](O)[C@@H](CO)O2)c2ncnc(N)c12. The van der Waals surface area contributed by atoms with Crippen molar-refractivity contribution in [3.63, 3.8) is 0 Å². The summed E-state index contributed by atoms with van der Waals surface area (Å²) in [4.78, 5) is 8.13. The van der Waals surface area contributed by atoms with Gasteiger partial charge in [0.15, 0.2) is 11.9 Å². The summed E-state index contributed by atoms with van der Waals surface area (Å²) >= 11 is 0. The number of nitrogens with zero attached hydrogens (tertiary/aromatic N) is 4. The van der Waals surface area contributed by atoms with Crippen LogP contribution < -0.4 is 5.73 Å². The first kappa shape index (κ1) is 13.8. The Bertz CT molecular complexity index is 732. The number of aliphatic hydroxyl groups is 2. The van der Waals surface area contributed by atoms with Crippen LogP contribution in [0.25, 0.3) is 11.0 Å². The van der Waals surface area contributed by atoms with E-state index in [2.05, 4.69) is 26.9 Å². The average Bonchev–Trinajstić information content (AvgIpc) is 3.01. The third kappa shape index (κ3) is 2.21. The molecular weight excluding hydrogens is 274 g/mol. The minimum atomic E-state index is -0.751. The molecule has 0 saturated carbocycles. The lowest BCUT2D eigenvalue weighted by Gasteiger charge is -2.12. The number of aliphatic hydroxyl groups excluding tert-OH is 2. The molecule has 2 aromatic heterocycles. The lowest BCUT2D eigenvalue weighted by molar-refractivity contribution is -0.0470. The van der Waals surface area contributed by atoms with Crippen molar-refractivity contribution in [2.45, 2.75) is 31.8 Å². The van der Waals surface area contributed by atoms with Gasteiger partial charge in [0, 0.05) is 6.42 Å². The molecule has 0 aliphatic carbocycles. The van der Waals surface area contributed by atoms with E-state index in [9.17, 15) is 5.11 Å². The van der Waals surface area contributed by atoms with Gasteiger partial charge < -0.3 is 20.7 Å². The molecular formula is C13H15N5O3. The second-order valence-corrected chi connectivity index (χ2v) is 4.74. The van der Waals surface area contributed by atoms with E-state index < -0.39 is 18.4 Å². The molecule has 1 saturated heterocycles. The topological polar surface area (TPSA) is 119 Å². The summed E-state index contributed by atoms with van der Waals surface area (Å²) in [5.41, 5.74) is 6.84. The molecule has 4 N–H and O–H groups in total. The number of aromatic nitrogens is 4. The highest BCUT2D eigenvalue weighted by Gasteiger charge is 2.36. The molecule has 0 bridgehead atoms. The van der Waals surface area contributed by atoms with Gasteiger partial charge in [0.1, 0.15) is 23.9 Å². The minimum Gasteiger partial charge on any atom is -0.394 e. The number of ether oxygens (including phenoxy) is 1. The van der Waals surface area contributed by atoms with Crippen LogP contribution in [0.5, 0.6) is 0 Å². The maximum Gasteiger partial charge on any atom is 0.167 e. The van der Waals surface area contributed by atoms with Gasteiger partial charge in [0.25, 0.3) is 0 Å². The Balaban J connectivity index is 2.11. The van der Waals surface area contributed by atoms with Crippen molar-refractivity contribution >= 4 is 16.9 Å². The summed E-state index contributed by atoms with van der Waals surface area (Å²) in [6.07, 6.45) is -0.256. The summed E-state index contributed by atoms with van der Waals surface area (Å²) in [7, 11) is 0. The second kappa shape index (κ2) is 5.29. The number of rotatable bonds is 2. The monoisotopic (exact) mass is 289 g/mol. The third-order valence-corrected chi connectivity index (χ3v) is 3.42. The van der Waals surface area contributed by atoms with Crippen LogP contribution in [0.3, 0.4) is 0 Å². The van der Waals surface area contributed by atoms with Crippen LogP contribution in [0.2, 0.25) is 0 Å². The van der Waals surface area contributed by atoms with Crippen LogP contribution >= 0.6 is 0 Å². The predicted octanol–water partition coefficient (Wildman–Crippen LogP) is -0.579. The van der Waals surface area contributed by atoms with Gasteiger partial charge >= 0.3 is 0 Å². The molecule has 3 heterocycles. The van der Waals surface area contributed by atoms with Crippen LogP contribution in [-0.4, -0.2) is 48.8 Å². The summed E-state index contributed by atoms with van der Waals surface area (Å²) in [6, 6.07) is 0. The minimum absolute atomic E-state index is 0.254. The number of hydrogen-bond donors (Lipinski definition) is 3. The highest BCUT2D eigenvalue weighted by molar-refractivity contribution is 5.90. The quantitative estimate of drug-likeness (QED) is 0.633. The van der Waals surface area contributed by atoms with Crippen molar-refractivity contribution in [3.05, 3.63) is 12.0 Å². The van der Waals surface area contributed by atoms with Crippen molar-refractivity contribution in [3.8, 4) is 11.8 Å². The van der Waals surface area contributed by atoms with Crippen molar-refractivity contribution in [1.82, 2.24) is 19.7 Å². The van der Waals surface area contributed by atoms with Gasteiger partial charge in [0.05, 0.1) is 18.1 Å². The van der Waals surface area contributed by atoms with Crippen LogP contribution in [0.1, 0.15) is 25.3 Å². The predicted molar refractivity (Wildman–Crippen MR) is 73.9 cm³/mol. The number of nitrogen functional groups attached to an aromatic ring is 1. The van der Waals surface area contributed by atoms with Gasteiger partial charge in [0.2, 0.25) is 0 Å². The molecule has 0 unspecified atom stereocenters. The number of hydrogen-bond acceptors (Lipinski definition) is 7. The molecule has 8 heteroatoms. The average molecular weight is 289 g/mol. The summed E-state index contributed by atoms with van der Waals surface area (Å²) < 4.78 is 7.13. The molecule has 1 aliphatic heterocycles. The summed E-state index contributed by atoms with van der Waals surface area (Å²) in [5, 5.41) is 23.9. The highest BCUT2D eigenvalue weighted by atomic mass is 16.5. The second-order valence-electron chi connectivity index (χ2n) is 4.74. The van der Waals surface area contributed by atoms with Crippen molar-refractivity contribution in [2.24, 2.45) is 0 Å². The molecule has 0 amide bonds. The van der Waals surface area contributed by atoms with Crippen LogP contribution in [0.15, 0.2) is 6.33 Å². The Morgan fingerprint density at radius 3 is 3.00 bits per heavy atom. The van der Waals surface area contributed by atoms with Gasteiger partial charge in [-0.15, -0.1) is 0 Å². The molecule has 8 nitrogen and oxygen atoms in total. The molecule has 1 aliphatic rings. The Hall–Kier alpha value is -2.21. The fourth-order valence-corrected chi connectivity index (χ4v) is 2.43. The van der Waals surface area contributed by atoms with Gasteiger partial charge in [-0.05, 0) is 12.8 Å². The smallest absolute Gasteiger partial charge is 0.167 e. The van der Waals surface area contributed by atoms with E-state index in [1.807, 2.05) is 0 Å². The molecule has 0 spiro atoms. The Labute approximate surface area is 120 Å². The van der Waals surface area contributed by atoms with E-state index in [1.54, 1.807) is 6.92 Å². The Kier molecular flexibility index (Phi) is 3.47. The Morgan fingerprint density at radius 2 is 2.33 bits per heavy atom. The Morgan fingerprint density at radius 1 is 1.52 bits per heavy atom. The zero-order valence-corrected chi connectivity index (χ0v) is 11.4. The number of fused-ring (bicyclic) bond motifs is 1. The van der Waals surface area contributed by atoms with E-state index >= 15 is 0 Å². The largest absolute Gasteiger partial charge is 0.394 e. The lowest BCUT2D eigenvalue weighted by atomic mass is 10.2. The van der Waals surface area contributed by atoms with Crippen molar-refractivity contribution in [2.75, 3.05) is 12.3 Å². The van der Waals surface area contributed by atoms with Gasteiger partial charge in [-0.2, -0.15) is 5.10 Å². The first-order valence-corrected chi connectivity index (χ1v) is 6.51. The summed E-state index contributed by atoms with van der Waals surface area (Å²) in [6.45, 7) is 1.44. The first-order valence-electron chi connectivity index (χ1n) is 6.51. The van der Waals surface area contributed by atoms with Crippen LogP contribution in [0.4, 0.5) is 5.82 Å². The van der Waals surface area contributed by atoms with E-state index in [4.69, 9.17) is 15.6 Å². The first-order chi connectivity index (χ1) is 10.2. The maximum atomic E-state index is 9.85. The standard InChI is InChI=1S/C13H15N5O3/c1-2-3-7-11-12(14)15-6-16-13(11)18(17-7)10-4-8(20)9(5-19)21-10/h6,8-10,19-20H,4-5H2,1H3,(H2,14,15,16)/t8-,9+,10+/m0/s1. The molecule has 1 fully saturated rings. The van der Waals surface area contributed by atoms with E-state index in [-0.39, 0.29) is 6.61 Å². The normalized spacial score (nSPS) is 25.0. The number of anilines is 1. The van der Waals surface area contributed by atoms with Gasteiger partial charge in [-0.25, -0.2) is 14.6 Å². The van der Waals surface area contributed by atoms with E-state index in [1.165, 1.54) is 11.0 Å². The van der Waals surface area contributed by atoms with Crippen molar-refractivity contribution < 1.29 is 14.9 Å². The number of nitrogens with two attached hydrogens (primary N) is 1. The van der Waals surface area contributed by atoms with Gasteiger partial charge in [-0.3, -0.25) is 0 Å². The van der Waals surface area contributed by atoms with Gasteiger partial charge in [-0.1, -0.05) is 5.92 Å².